The minimum absolute atomic E-state index is 0.102. The van der Waals surface area contributed by atoms with Crippen LogP contribution in [0.15, 0.2) is 11.1 Å². The molecule has 1 N–H and O–H groups in total. The van der Waals surface area contributed by atoms with Crippen molar-refractivity contribution >= 4 is 27.5 Å². The standard InChI is InChI=1S/C15H19N3O3S/c1-17(2)6-3-7-18-8-16-13-12(14(18)19)11-9(15(20)21)4-5-10(11)22-13/h8-9H,3-7H2,1-2H3,(H,20,21). The van der Waals surface area contributed by atoms with Crippen molar-refractivity contribution in [1.82, 2.24) is 14.5 Å². The van der Waals surface area contributed by atoms with Crippen molar-refractivity contribution in [3.8, 4) is 0 Å². The monoisotopic (exact) mass is 321 g/mol. The van der Waals surface area contributed by atoms with Gasteiger partial charge in [-0.1, -0.05) is 0 Å². The quantitative estimate of drug-likeness (QED) is 0.904. The van der Waals surface area contributed by atoms with Crippen molar-refractivity contribution in [2.24, 2.45) is 0 Å². The molecule has 6 nitrogen and oxygen atoms in total. The second kappa shape index (κ2) is 5.81. The number of carboxylic acid groups (broad SMARTS) is 1. The van der Waals surface area contributed by atoms with Crippen molar-refractivity contribution < 1.29 is 9.90 Å². The number of aromatic nitrogens is 2. The third-order valence-corrected chi connectivity index (χ3v) is 5.28. The Bertz CT molecular complexity index is 778. The van der Waals surface area contributed by atoms with Crippen LogP contribution in [-0.2, 0) is 17.8 Å². The number of nitrogens with zero attached hydrogens (tertiary/aromatic N) is 3. The highest BCUT2D eigenvalue weighted by Gasteiger charge is 2.34. The Morgan fingerprint density at radius 2 is 2.32 bits per heavy atom. The molecule has 0 saturated heterocycles. The van der Waals surface area contributed by atoms with Gasteiger partial charge in [0.05, 0.1) is 17.6 Å². The third-order valence-electron chi connectivity index (χ3n) is 4.10. The second-order valence-corrected chi connectivity index (χ2v) is 7.03. The summed E-state index contributed by atoms with van der Waals surface area (Å²) in [6.45, 7) is 1.49. The summed E-state index contributed by atoms with van der Waals surface area (Å²) in [4.78, 5) is 32.3. The van der Waals surface area contributed by atoms with Gasteiger partial charge in [-0.15, -0.1) is 11.3 Å². The highest BCUT2D eigenvalue weighted by atomic mass is 32.1. The fourth-order valence-electron chi connectivity index (χ4n) is 3.03. The lowest BCUT2D eigenvalue weighted by atomic mass is 10.0. The highest BCUT2D eigenvalue weighted by molar-refractivity contribution is 7.18. The number of carboxylic acids is 1. The highest BCUT2D eigenvalue weighted by Crippen LogP contribution is 2.41. The van der Waals surface area contributed by atoms with E-state index in [-0.39, 0.29) is 5.56 Å². The molecule has 1 aliphatic carbocycles. The van der Waals surface area contributed by atoms with E-state index in [4.69, 9.17) is 0 Å². The first kappa shape index (κ1) is 15.2. The van der Waals surface area contributed by atoms with E-state index in [9.17, 15) is 14.7 Å². The zero-order valence-electron chi connectivity index (χ0n) is 12.7. The second-order valence-electron chi connectivity index (χ2n) is 5.95. The van der Waals surface area contributed by atoms with Crippen LogP contribution in [-0.4, -0.2) is 46.2 Å². The van der Waals surface area contributed by atoms with Gasteiger partial charge >= 0.3 is 5.97 Å². The number of rotatable bonds is 5. The van der Waals surface area contributed by atoms with E-state index in [0.29, 0.717) is 28.7 Å². The summed E-state index contributed by atoms with van der Waals surface area (Å²) in [6, 6.07) is 0. The zero-order valence-corrected chi connectivity index (χ0v) is 13.5. The van der Waals surface area contributed by atoms with Crippen molar-refractivity contribution in [2.75, 3.05) is 20.6 Å². The number of fused-ring (bicyclic) bond motifs is 3. The first-order valence-electron chi connectivity index (χ1n) is 7.37. The van der Waals surface area contributed by atoms with E-state index < -0.39 is 11.9 Å². The van der Waals surface area contributed by atoms with Crippen LogP contribution >= 0.6 is 11.3 Å². The van der Waals surface area contributed by atoms with Crippen molar-refractivity contribution in [3.05, 3.63) is 27.1 Å². The Balaban J connectivity index is 2.02. The molecule has 0 bridgehead atoms. The molecular weight excluding hydrogens is 302 g/mol. The third kappa shape index (κ3) is 2.55. The number of hydrogen-bond donors (Lipinski definition) is 1. The fourth-order valence-corrected chi connectivity index (χ4v) is 4.24. The molecule has 7 heteroatoms. The van der Waals surface area contributed by atoms with Crippen molar-refractivity contribution in [1.29, 1.82) is 0 Å². The average molecular weight is 321 g/mol. The lowest BCUT2D eigenvalue weighted by molar-refractivity contribution is -0.138. The van der Waals surface area contributed by atoms with Crippen LogP contribution < -0.4 is 5.56 Å². The zero-order chi connectivity index (χ0) is 15.9. The number of aliphatic carboxylic acids is 1. The lowest BCUT2D eigenvalue weighted by Crippen LogP contribution is -2.24. The molecule has 0 radical (unpaired) electrons. The normalized spacial score (nSPS) is 17.3. The predicted octanol–water partition coefficient (Wildman–Crippen LogP) is 1.52. The maximum absolute atomic E-state index is 12.7. The van der Waals surface area contributed by atoms with Crippen LogP contribution in [0.25, 0.3) is 10.2 Å². The Kier molecular flexibility index (Phi) is 4.01. The number of aryl methyl sites for hydroxylation is 2. The minimum atomic E-state index is -0.846. The molecule has 3 rings (SSSR count). The molecule has 1 unspecified atom stereocenters. The van der Waals surface area contributed by atoms with E-state index in [2.05, 4.69) is 9.88 Å². The summed E-state index contributed by atoms with van der Waals surface area (Å²) in [7, 11) is 3.99. The Morgan fingerprint density at radius 1 is 1.55 bits per heavy atom. The molecule has 2 heterocycles. The summed E-state index contributed by atoms with van der Waals surface area (Å²) in [5.74, 6) is -1.41. The molecule has 2 aromatic heterocycles. The summed E-state index contributed by atoms with van der Waals surface area (Å²) >= 11 is 1.46. The number of thiophene rings is 1. The van der Waals surface area contributed by atoms with Gasteiger partial charge in [-0.3, -0.25) is 14.2 Å². The van der Waals surface area contributed by atoms with E-state index in [1.807, 2.05) is 14.1 Å². The maximum Gasteiger partial charge on any atom is 0.311 e. The van der Waals surface area contributed by atoms with E-state index in [1.54, 1.807) is 10.9 Å². The molecule has 118 valence electrons. The van der Waals surface area contributed by atoms with Crippen molar-refractivity contribution in [3.63, 3.8) is 0 Å². The van der Waals surface area contributed by atoms with Gasteiger partial charge < -0.3 is 10.0 Å². The Labute approximate surface area is 132 Å². The molecule has 1 atom stereocenters. The minimum Gasteiger partial charge on any atom is -0.481 e. The summed E-state index contributed by atoms with van der Waals surface area (Å²) in [6.07, 6.45) is 3.76. The predicted molar refractivity (Wildman–Crippen MR) is 85.7 cm³/mol. The fraction of sp³-hybridized carbons (Fsp3) is 0.533. The van der Waals surface area contributed by atoms with Gasteiger partial charge in [0.15, 0.2) is 0 Å². The van der Waals surface area contributed by atoms with E-state index in [1.165, 1.54) is 11.3 Å². The molecule has 0 spiro atoms. The first-order valence-corrected chi connectivity index (χ1v) is 8.19. The van der Waals surface area contributed by atoms with Crippen LogP contribution in [0.3, 0.4) is 0 Å². The molecule has 22 heavy (non-hydrogen) atoms. The van der Waals surface area contributed by atoms with Crippen LogP contribution in [0.5, 0.6) is 0 Å². The lowest BCUT2D eigenvalue weighted by Gasteiger charge is -2.11. The van der Waals surface area contributed by atoms with Gasteiger partial charge in [0.2, 0.25) is 0 Å². The van der Waals surface area contributed by atoms with Gasteiger partial charge in [-0.2, -0.15) is 0 Å². The molecule has 0 fully saturated rings. The summed E-state index contributed by atoms with van der Waals surface area (Å²) < 4.78 is 1.61. The van der Waals surface area contributed by atoms with Crippen LogP contribution in [0.4, 0.5) is 0 Å². The molecule has 0 amide bonds. The molecule has 0 aliphatic heterocycles. The largest absolute Gasteiger partial charge is 0.481 e. The first-order chi connectivity index (χ1) is 10.5. The van der Waals surface area contributed by atoms with Gasteiger partial charge in [0, 0.05) is 11.4 Å². The van der Waals surface area contributed by atoms with Crippen LogP contribution in [0, 0.1) is 0 Å². The van der Waals surface area contributed by atoms with E-state index >= 15 is 0 Å². The van der Waals surface area contributed by atoms with Gasteiger partial charge in [0.1, 0.15) is 4.83 Å². The van der Waals surface area contributed by atoms with Gasteiger partial charge in [-0.25, -0.2) is 4.98 Å². The van der Waals surface area contributed by atoms with Crippen LogP contribution in [0.1, 0.15) is 29.2 Å². The molecule has 0 aromatic carbocycles. The van der Waals surface area contributed by atoms with Gasteiger partial charge in [0.25, 0.3) is 5.56 Å². The summed E-state index contributed by atoms with van der Waals surface area (Å²) in [5.41, 5.74) is 0.612. The maximum atomic E-state index is 12.7. The molecule has 1 aliphatic rings. The van der Waals surface area contributed by atoms with E-state index in [0.717, 1.165) is 24.3 Å². The Hall–Kier alpha value is -1.73. The summed E-state index contributed by atoms with van der Waals surface area (Å²) in [5, 5.41) is 9.90. The molecule has 2 aromatic rings. The average Bonchev–Trinajstić information content (AvgIpc) is 2.99. The molecular formula is C15H19N3O3S. The van der Waals surface area contributed by atoms with Crippen LogP contribution in [0.2, 0.25) is 0 Å². The topological polar surface area (TPSA) is 75.4 Å². The number of carbonyl (C=O) groups is 1. The SMILES string of the molecule is CN(C)CCCn1cnc2sc3c(c2c1=O)C(C(=O)O)CC3. The Morgan fingerprint density at radius 3 is 3.00 bits per heavy atom. The molecule has 0 saturated carbocycles. The van der Waals surface area contributed by atoms with Gasteiger partial charge in [-0.05, 0) is 45.5 Å². The van der Waals surface area contributed by atoms with Crippen molar-refractivity contribution in [2.45, 2.75) is 31.7 Å². The smallest absolute Gasteiger partial charge is 0.311 e. The number of hydrogen-bond acceptors (Lipinski definition) is 5.